The average Bonchev–Trinajstić information content (AvgIpc) is 3.36. The molecule has 5 heteroatoms. The molecule has 182 valence electrons. The number of carbonyl (C=O) groups is 1. The van der Waals surface area contributed by atoms with E-state index >= 15 is 0 Å². The van der Waals surface area contributed by atoms with Crippen molar-refractivity contribution in [1.82, 2.24) is 4.98 Å². The lowest BCUT2D eigenvalue weighted by Crippen LogP contribution is -2.12. The zero-order valence-electron chi connectivity index (χ0n) is 20.6. The number of benzene rings is 3. The highest BCUT2D eigenvalue weighted by Crippen LogP contribution is 2.40. The molecule has 1 aliphatic carbocycles. The van der Waals surface area contributed by atoms with Gasteiger partial charge >= 0.3 is 5.97 Å². The van der Waals surface area contributed by atoms with E-state index in [0.717, 1.165) is 65.0 Å². The highest BCUT2D eigenvalue weighted by Gasteiger charge is 2.26. The Labute approximate surface area is 211 Å². The maximum atomic E-state index is 11.2. The van der Waals surface area contributed by atoms with Crippen LogP contribution in [0.3, 0.4) is 0 Å². The third-order valence-electron chi connectivity index (χ3n) is 6.50. The van der Waals surface area contributed by atoms with Crippen LogP contribution in [0.25, 0.3) is 28.2 Å². The van der Waals surface area contributed by atoms with Crippen LogP contribution in [0.2, 0.25) is 0 Å². The van der Waals surface area contributed by atoms with Crippen LogP contribution in [0.5, 0.6) is 5.75 Å². The van der Waals surface area contributed by atoms with Gasteiger partial charge in [-0.05, 0) is 55.7 Å². The lowest BCUT2D eigenvalue weighted by atomic mass is 9.83. The number of oxazole rings is 1. The van der Waals surface area contributed by atoms with Gasteiger partial charge in [-0.1, -0.05) is 78.9 Å². The smallest absolute Gasteiger partial charge is 0.352 e. The molecule has 1 aromatic heterocycles. The molecule has 0 saturated carbocycles. The molecule has 1 atom stereocenters. The first-order valence-electron chi connectivity index (χ1n) is 12.3. The minimum atomic E-state index is -0.482. The fraction of sp³-hybridized carbons (Fsp3) is 0.226. The van der Waals surface area contributed by atoms with Crippen molar-refractivity contribution in [1.29, 1.82) is 0 Å². The molecule has 36 heavy (non-hydrogen) atoms. The molecule has 0 amide bonds. The summed E-state index contributed by atoms with van der Waals surface area (Å²) in [6.07, 6.45) is 6.25. The summed E-state index contributed by atoms with van der Waals surface area (Å²) >= 11 is 0. The quantitative estimate of drug-likeness (QED) is 0.202. The fourth-order valence-corrected chi connectivity index (χ4v) is 4.69. The molecule has 0 fully saturated rings. The van der Waals surface area contributed by atoms with Crippen LogP contribution in [-0.2, 0) is 16.1 Å². The van der Waals surface area contributed by atoms with Gasteiger partial charge in [-0.25, -0.2) is 9.78 Å². The summed E-state index contributed by atoms with van der Waals surface area (Å²) in [6, 6.07) is 26.4. The van der Waals surface area contributed by atoms with Crippen LogP contribution in [0.15, 0.2) is 89.4 Å². The van der Waals surface area contributed by atoms with Gasteiger partial charge in [-0.3, -0.25) is 9.78 Å². The summed E-state index contributed by atoms with van der Waals surface area (Å²) in [5.74, 6) is 1.80. The Morgan fingerprint density at radius 2 is 1.72 bits per heavy atom. The van der Waals surface area contributed by atoms with Crippen molar-refractivity contribution in [2.45, 2.75) is 39.5 Å². The molecule has 0 N–H and O–H groups in total. The van der Waals surface area contributed by atoms with Gasteiger partial charge in [0.15, 0.2) is 11.5 Å². The second kappa shape index (κ2) is 10.6. The number of aryl methyl sites for hydroxylation is 1. The van der Waals surface area contributed by atoms with E-state index in [1.54, 1.807) is 0 Å². The topological polar surface area (TPSA) is 61.6 Å². The van der Waals surface area contributed by atoms with Gasteiger partial charge in [-0.15, -0.1) is 0 Å². The van der Waals surface area contributed by atoms with Gasteiger partial charge in [0.1, 0.15) is 5.69 Å². The van der Waals surface area contributed by atoms with Crippen molar-refractivity contribution < 1.29 is 19.0 Å². The summed E-state index contributed by atoms with van der Waals surface area (Å²) in [4.78, 5) is 26.3. The van der Waals surface area contributed by atoms with Crippen molar-refractivity contribution in [3.05, 3.63) is 102 Å². The Bertz CT molecular complexity index is 1320. The zero-order valence-corrected chi connectivity index (χ0v) is 20.6. The highest BCUT2D eigenvalue weighted by atomic mass is 17.2. The molecule has 1 aliphatic rings. The van der Waals surface area contributed by atoms with Crippen LogP contribution >= 0.6 is 0 Å². The molecule has 0 radical (unpaired) electrons. The molecule has 0 saturated heterocycles. The van der Waals surface area contributed by atoms with Crippen LogP contribution in [-0.4, -0.2) is 11.0 Å². The van der Waals surface area contributed by atoms with Crippen molar-refractivity contribution in [3.8, 4) is 28.3 Å². The monoisotopic (exact) mass is 479 g/mol. The Balaban J connectivity index is 1.48. The first kappa shape index (κ1) is 23.6. The predicted molar refractivity (Wildman–Crippen MR) is 140 cm³/mol. The van der Waals surface area contributed by atoms with Crippen molar-refractivity contribution in [3.63, 3.8) is 0 Å². The molecule has 0 aliphatic heterocycles. The maximum absolute atomic E-state index is 11.2. The van der Waals surface area contributed by atoms with E-state index in [1.807, 2.05) is 55.5 Å². The summed E-state index contributed by atoms with van der Waals surface area (Å²) in [5.41, 5.74) is 6.06. The Morgan fingerprint density at radius 3 is 2.44 bits per heavy atom. The number of aromatic nitrogens is 1. The Kier molecular flexibility index (Phi) is 6.99. The van der Waals surface area contributed by atoms with Crippen molar-refractivity contribution >= 4 is 11.5 Å². The zero-order chi connectivity index (χ0) is 24.9. The van der Waals surface area contributed by atoms with Crippen LogP contribution in [0, 0.1) is 12.8 Å². The number of hydrogen-bond donors (Lipinski definition) is 0. The van der Waals surface area contributed by atoms with Crippen molar-refractivity contribution in [2.24, 2.45) is 5.92 Å². The molecule has 0 spiro atoms. The molecular weight excluding hydrogens is 450 g/mol. The van der Waals surface area contributed by atoms with E-state index in [1.165, 1.54) is 6.92 Å². The standard InChI is InChI=1S/C31H29NO4/c1-21-17-18-23(20-28(21)36-35-22(2)33)19-26-15-9-10-16-27(26)31-32-29(24-11-5-3-6-12-24)30(34-31)25-13-7-4-8-14-25/h3-8,11-14,16-18,20,26H,9-10,15,19H2,1-2H3. The van der Waals surface area contributed by atoms with E-state index in [4.69, 9.17) is 19.2 Å². The van der Waals surface area contributed by atoms with Gasteiger partial charge in [0.05, 0.1) is 0 Å². The molecule has 1 unspecified atom stereocenters. The second-order valence-electron chi connectivity index (χ2n) is 9.18. The lowest BCUT2D eigenvalue weighted by molar-refractivity contribution is -0.211. The van der Waals surface area contributed by atoms with Gasteiger partial charge in [0, 0.05) is 23.6 Å². The van der Waals surface area contributed by atoms with Gasteiger partial charge in [0.25, 0.3) is 0 Å². The molecular formula is C31H29NO4. The van der Waals surface area contributed by atoms with Gasteiger partial charge < -0.3 is 4.42 Å². The number of nitrogens with zero attached hydrogens (tertiary/aromatic N) is 1. The molecule has 5 nitrogen and oxygen atoms in total. The van der Waals surface area contributed by atoms with E-state index in [9.17, 15) is 4.79 Å². The number of allylic oxidation sites excluding steroid dienone is 2. The number of hydrogen-bond acceptors (Lipinski definition) is 5. The summed E-state index contributed by atoms with van der Waals surface area (Å²) in [7, 11) is 0. The first-order chi connectivity index (χ1) is 17.6. The number of carbonyl (C=O) groups excluding carboxylic acids is 1. The normalized spacial score (nSPS) is 15.3. The molecule has 3 aromatic carbocycles. The summed E-state index contributed by atoms with van der Waals surface area (Å²) in [6.45, 7) is 3.25. The van der Waals surface area contributed by atoms with Crippen LogP contribution in [0.4, 0.5) is 0 Å². The maximum Gasteiger partial charge on any atom is 0.352 e. The third-order valence-corrected chi connectivity index (χ3v) is 6.50. The van der Waals surface area contributed by atoms with Crippen LogP contribution < -0.4 is 4.89 Å². The largest absolute Gasteiger partial charge is 0.436 e. The van der Waals surface area contributed by atoms with Gasteiger partial charge in [0.2, 0.25) is 5.89 Å². The summed E-state index contributed by atoms with van der Waals surface area (Å²) < 4.78 is 6.51. The van der Waals surface area contributed by atoms with E-state index < -0.39 is 5.97 Å². The Morgan fingerprint density at radius 1 is 1.00 bits per heavy atom. The average molecular weight is 480 g/mol. The van der Waals surface area contributed by atoms with Crippen LogP contribution in [0.1, 0.15) is 43.2 Å². The highest BCUT2D eigenvalue weighted by molar-refractivity contribution is 5.79. The van der Waals surface area contributed by atoms with E-state index in [-0.39, 0.29) is 5.92 Å². The number of rotatable bonds is 7. The predicted octanol–water partition coefficient (Wildman–Crippen LogP) is 7.60. The third kappa shape index (κ3) is 5.25. The molecule has 0 bridgehead atoms. The first-order valence-corrected chi connectivity index (χ1v) is 12.3. The van der Waals surface area contributed by atoms with Gasteiger partial charge in [-0.2, -0.15) is 0 Å². The minimum Gasteiger partial charge on any atom is -0.436 e. The second-order valence-corrected chi connectivity index (χ2v) is 9.18. The van der Waals surface area contributed by atoms with E-state index in [2.05, 4.69) is 36.4 Å². The molecule has 1 heterocycles. The summed E-state index contributed by atoms with van der Waals surface area (Å²) in [5, 5.41) is 0. The Hall–Kier alpha value is -4.12. The molecule has 5 rings (SSSR count). The van der Waals surface area contributed by atoms with E-state index in [0.29, 0.717) is 11.6 Å². The fourth-order valence-electron chi connectivity index (χ4n) is 4.69. The molecule has 4 aromatic rings. The van der Waals surface area contributed by atoms with Crippen molar-refractivity contribution in [2.75, 3.05) is 0 Å². The minimum absolute atomic E-state index is 0.258. The lowest BCUT2D eigenvalue weighted by Gasteiger charge is -2.23. The SMILES string of the molecule is CC(=O)OOc1cc(CC2CCCC=C2c2nc(-c3ccccc3)c(-c3ccccc3)o2)ccc1C.